The summed E-state index contributed by atoms with van der Waals surface area (Å²) >= 11 is 0. The Morgan fingerprint density at radius 2 is 2.12 bits per heavy atom. The number of aliphatic imine (C=N–C) groups is 1. The van der Waals surface area contributed by atoms with E-state index in [4.69, 9.17) is 0 Å². The second-order valence-electron chi connectivity index (χ2n) is 6.04. The summed E-state index contributed by atoms with van der Waals surface area (Å²) in [6.07, 6.45) is 0.332. The Labute approximate surface area is 148 Å². The lowest BCUT2D eigenvalue weighted by atomic mass is 9.86. The van der Waals surface area contributed by atoms with E-state index in [0.717, 1.165) is 21.2 Å². The first kappa shape index (κ1) is 17.9. The summed E-state index contributed by atoms with van der Waals surface area (Å²) in [5.74, 6) is -0.215. The number of halogens is 2. The molecule has 0 spiro atoms. The van der Waals surface area contributed by atoms with Crippen molar-refractivity contribution in [3.8, 4) is 0 Å². The van der Waals surface area contributed by atoms with Gasteiger partial charge in [0.1, 0.15) is 12.0 Å². The van der Waals surface area contributed by atoms with Crippen LogP contribution in [0.1, 0.15) is 12.5 Å². The number of anilines is 1. The number of nitrogens with zero attached hydrogens (tertiary/aromatic N) is 3. The summed E-state index contributed by atoms with van der Waals surface area (Å²) in [5, 5.41) is 11.0. The Kier molecular flexibility index (Phi) is 4.94. The molecule has 1 aliphatic heterocycles. The fraction of sp³-hybridized carbons (Fsp3) is 0.278. The maximum Gasteiger partial charge on any atom is 0.452 e. The molecule has 3 rings (SSSR count). The van der Waals surface area contributed by atoms with Gasteiger partial charge in [0.05, 0.1) is 12.3 Å². The molecular formula is C18H17F2N3O3. The highest BCUT2D eigenvalue weighted by Gasteiger charge is 2.26. The topological polar surface area (TPSA) is 75.0 Å². The lowest BCUT2D eigenvalue weighted by Gasteiger charge is -2.24. The second kappa shape index (κ2) is 7.17. The number of aliphatic hydroxyl groups is 1. The van der Waals surface area contributed by atoms with Crippen molar-refractivity contribution in [1.29, 1.82) is 0 Å². The molecule has 1 aromatic carbocycles. The van der Waals surface area contributed by atoms with E-state index in [1.54, 1.807) is 25.1 Å². The van der Waals surface area contributed by atoms with Crippen LogP contribution in [-0.2, 0) is 4.94 Å². The molecule has 1 aromatic heterocycles. The van der Waals surface area contributed by atoms with Crippen molar-refractivity contribution in [3.05, 3.63) is 41.7 Å². The molecule has 8 heteroatoms. The molecule has 6 nitrogen and oxygen atoms in total. The number of pyridine rings is 1. The number of fused-ring (bicyclic) bond motifs is 1. The van der Waals surface area contributed by atoms with Crippen molar-refractivity contribution in [1.82, 2.24) is 4.98 Å². The van der Waals surface area contributed by atoms with E-state index in [1.807, 2.05) is 6.07 Å². The minimum Gasteiger partial charge on any atom is -0.390 e. The highest BCUT2D eigenvalue weighted by Crippen LogP contribution is 2.35. The minimum atomic E-state index is -1.23. The van der Waals surface area contributed by atoms with Crippen LogP contribution in [0.5, 0.6) is 0 Å². The summed E-state index contributed by atoms with van der Waals surface area (Å²) in [6.45, 7) is 1.46. The van der Waals surface area contributed by atoms with E-state index in [1.165, 1.54) is 19.5 Å². The molecule has 2 unspecified atom stereocenters. The molecule has 0 aliphatic carbocycles. The van der Waals surface area contributed by atoms with Crippen LogP contribution >= 0.6 is 0 Å². The average Bonchev–Trinajstić information content (AvgIpc) is 2.67. The number of hydrogen-bond donors (Lipinski definition) is 1. The normalized spacial score (nSPS) is 19.7. The van der Waals surface area contributed by atoms with Crippen LogP contribution in [0.15, 0.2) is 41.2 Å². The second-order valence-corrected chi connectivity index (χ2v) is 6.04. The standard InChI is InChI=1S/C18H17F2N3O3/c1-10-14(19)8-21-15(9-24)17(10)12-4-3-11-6-16(22-7-13(11)5-12)23(2)18(25)26-20/h3-8,10,14,24H,9H2,1-2H3. The van der Waals surface area contributed by atoms with Gasteiger partial charge in [0.2, 0.25) is 0 Å². The van der Waals surface area contributed by atoms with Gasteiger partial charge in [0.25, 0.3) is 0 Å². The fourth-order valence-electron chi connectivity index (χ4n) is 2.96. The summed E-state index contributed by atoms with van der Waals surface area (Å²) in [5.41, 5.74) is 1.81. The van der Waals surface area contributed by atoms with Gasteiger partial charge in [-0.2, -0.15) is 0 Å². The van der Waals surface area contributed by atoms with E-state index in [0.29, 0.717) is 11.3 Å². The van der Waals surface area contributed by atoms with Crippen LogP contribution in [0.3, 0.4) is 0 Å². The molecule has 0 radical (unpaired) electrons. The average molecular weight is 361 g/mol. The molecular weight excluding hydrogens is 344 g/mol. The minimum absolute atomic E-state index is 0.225. The van der Waals surface area contributed by atoms with Gasteiger partial charge in [-0.05, 0) is 28.7 Å². The number of carbonyl (C=O) groups is 1. The SMILES string of the molecule is CC1C(c2ccc3cc(N(C)C(=O)OF)ncc3c2)=C(CO)N=CC1F. The first-order valence-corrected chi connectivity index (χ1v) is 7.95. The van der Waals surface area contributed by atoms with Gasteiger partial charge >= 0.3 is 6.09 Å². The molecule has 2 aromatic rings. The monoisotopic (exact) mass is 361 g/mol. The van der Waals surface area contributed by atoms with E-state index in [9.17, 15) is 18.8 Å². The summed E-state index contributed by atoms with van der Waals surface area (Å²) in [7, 11) is 1.34. The molecule has 2 atom stereocenters. The van der Waals surface area contributed by atoms with Crippen LogP contribution in [0.2, 0.25) is 0 Å². The maximum absolute atomic E-state index is 14.0. The quantitative estimate of drug-likeness (QED) is 0.909. The van der Waals surface area contributed by atoms with Gasteiger partial charge in [-0.1, -0.05) is 19.1 Å². The number of carbonyl (C=O) groups excluding carboxylic acids is 1. The van der Waals surface area contributed by atoms with E-state index in [-0.39, 0.29) is 12.4 Å². The highest BCUT2D eigenvalue weighted by atomic mass is 19.3. The highest BCUT2D eigenvalue weighted by molar-refractivity contribution is 5.92. The molecule has 2 heterocycles. The zero-order valence-corrected chi connectivity index (χ0v) is 14.2. The van der Waals surface area contributed by atoms with E-state index < -0.39 is 18.2 Å². The van der Waals surface area contributed by atoms with Crippen molar-refractivity contribution >= 4 is 34.5 Å². The van der Waals surface area contributed by atoms with Crippen molar-refractivity contribution < 1.29 is 23.8 Å². The lowest BCUT2D eigenvalue weighted by Crippen LogP contribution is -2.25. The van der Waals surface area contributed by atoms with Gasteiger partial charge < -0.3 is 5.11 Å². The zero-order valence-electron chi connectivity index (χ0n) is 14.2. The van der Waals surface area contributed by atoms with Gasteiger partial charge in [0.15, 0.2) is 0 Å². The molecule has 0 saturated carbocycles. The number of benzene rings is 1. The fourth-order valence-corrected chi connectivity index (χ4v) is 2.96. The third kappa shape index (κ3) is 3.15. The van der Waals surface area contributed by atoms with Crippen LogP contribution in [0.25, 0.3) is 16.3 Å². The van der Waals surface area contributed by atoms with Crippen LogP contribution in [0, 0.1) is 5.92 Å². The number of allylic oxidation sites excluding steroid dienone is 1. The maximum atomic E-state index is 14.0. The third-order valence-electron chi connectivity index (χ3n) is 4.47. The van der Waals surface area contributed by atoms with Gasteiger partial charge in [-0.25, -0.2) is 19.1 Å². The van der Waals surface area contributed by atoms with Crippen molar-refractivity contribution in [3.63, 3.8) is 0 Å². The third-order valence-corrected chi connectivity index (χ3v) is 4.47. The number of aromatic nitrogens is 1. The summed E-state index contributed by atoms with van der Waals surface area (Å²) in [4.78, 5) is 23.5. The Morgan fingerprint density at radius 1 is 1.35 bits per heavy atom. The molecule has 0 fully saturated rings. The summed E-state index contributed by atoms with van der Waals surface area (Å²) < 4.78 is 26.1. The van der Waals surface area contributed by atoms with Crippen LogP contribution in [-0.4, -0.2) is 42.2 Å². The van der Waals surface area contributed by atoms with Gasteiger partial charge in [0, 0.05) is 35.3 Å². The van der Waals surface area contributed by atoms with Crippen molar-refractivity contribution in [2.45, 2.75) is 13.1 Å². The van der Waals surface area contributed by atoms with Crippen LogP contribution in [0.4, 0.5) is 19.5 Å². The molecule has 1 N–H and O–H groups in total. The van der Waals surface area contributed by atoms with Crippen molar-refractivity contribution in [2.24, 2.45) is 10.9 Å². The number of alkyl halides is 1. The van der Waals surface area contributed by atoms with E-state index >= 15 is 0 Å². The smallest absolute Gasteiger partial charge is 0.390 e. The Morgan fingerprint density at radius 3 is 2.81 bits per heavy atom. The first-order chi connectivity index (χ1) is 12.5. The summed E-state index contributed by atoms with van der Waals surface area (Å²) in [6, 6.07) is 6.99. The molecule has 1 amide bonds. The Bertz CT molecular complexity index is 914. The largest absolute Gasteiger partial charge is 0.452 e. The molecule has 1 aliphatic rings. The van der Waals surface area contributed by atoms with E-state index in [2.05, 4.69) is 14.9 Å². The number of amides is 1. The Hall–Kier alpha value is -2.87. The first-order valence-electron chi connectivity index (χ1n) is 7.95. The lowest BCUT2D eigenvalue weighted by molar-refractivity contribution is -0.0578. The number of rotatable bonds is 3. The van der Waals surface area contributed by atoms with Crippen molar-refractivity contribution in [2.75, 3.05) is 18.6 Å². The number of hydrogen-bond acceptors (Lipinski definition) is 5. The Balaban J connectivity index is 2.04. The zero-order chi connectivity index (χ0) is 18.8. The predicted molar refractivity (Wildman–Crippen MR) is 94.3 cm³/mol. The molecule has 26 heavy (non-hydrogen) atoms. The molecule has 136 valence electrons. The predicted octanol–water partition coefficient (Wildman–Crippen LogP) is 3.45. The van der Waals surface area contributed by atoms with Crippen LogP contribution < -0.4 is 4.90 Å². The van der Waals surface area contributed by atoms with Gasteiger partial charge in [-0.3, -0.25) is 9.89 Å². The molecule has 0 saturated heterocycles. The molecule has 0 bridgehead atoms. The van der Waals surface area contributed by atoms with Gasteiger partial charge in [-0.15, -0.1) is 0 Å². The number of aliphatic hydroxyl groups excluding tert-OH is 1.